The minimum atomic E-state index is -0.963. The first-order chi connectivity index (χ1) is 10.5. The Hall–Kier alpha value is -2.15. The molecule has 114 valence electrons. The van der Waals surface area contributed by atoms with Crippen LogP contribution in [-0.2, 0) is 11.3 Å². The number of carbonyl (C=O) groups excluding carboxylic acids is 1. The Morgan fingerprint density at radius 3 is 2.64 bits per heavy atom. The van der Waals surface area contributed by atoms with Gasteiger partial charge in [0, 0.05) is 16.1 Å². The fraction of sp³-hybridized carbons (Fsp3) is 0.133. The summed E-state index contributed by atoms with van der Waals surface area (Å²) >= 11 is 3.33. The van der Waals surface area contributed by atoms with Gasteiger partial charge in [0.15, 0.2) is 11.5 Å². The van der Waals surface area contributed by atoms with E-state index in [0.717, 1.165) is 12.1 Å². The molecule has 0 radical (unpaired) electrons. The van der Waals surface area contributed by atoms with Gasteiger partial charge < -0.3 is 14.2 Å². The van der Waals surface area contributed by atoms with E-state index in [4.69, 9.17) is 14.2 Å². The van der Waals surface area contributed by atoms with Crippen LogP contribution in [0.5, 0.6) is 11.5 Å². The Morgan fingerprint density at radius 1 is 1.18 bits per heavy atom. The molecule has 3 rings (SSSR count). The molecule has 22 heavy (non-hydrogen) atoms. The maximum Gasteiger partial charge on any atom is 0.341 e. The summed E-state index contributed by atoms with van der Waals surface area (Å²) in [7, 11) is 0. The molecule has 2 aromatic rings. The highest BCUT2D eigenvalue weighted by Crippen LogP contribution is 2.37. The molecule has 0 N–H and O–H groups in total. The van der Waals surface area contributed by atoms with Crippen molar-refractivity contribution in [2.75, 3.05) is 6.79 Å². The molecule has 1 heterocycles. The molecule has 0 fully saturated rings. The maximum atomic E-state index is 13.5. The fourth-order valence-electron chi connectivity index (χ4n) is 1.95. The molecule has 0 aromatic heterocycles. The van der Waals surface area contributed by atoms with Crippen molar-refractivity contribution in [3.63, 3.8) is 0 Å². The van der Waals surface area contributed by atoms with Gasteiger partial charge in [0.1, 0.15) is 18.2 Å². The van der Waals surface area contributed by atoms with E-state index >= 15 is 0 Å². The molecule has 0 atom stereocenters. The quantitative estimate of drug-likeness (QED) is 0.770. The van der Waals surface area contributed by atoms with E-state index in [-0.39, 0.29) is 19.0 Å². The highest BCUT2D eigenvalue weighted by atomic mass is 79.9. The van der Waals surface area contributed by atoms with E-state index in [2.05, 4.69) is 15.9 Å². The number of benzene rings is 2. The summed E-state index contributed by atoms with van der Waals surface area (Å²) < 4.78 is 42.5. The summed E-state index contributed by atoms with van der Waals surface area (Å²) in [5, 5.41) is 0. The molecule has 4 nitrogen and oxygen atoms in total. The highest BCUT2D eigenvalue weighted by Gasteiger charge is 2.18. The van der Waals surface area contributed by atoms with Gasteiger partial charge in [-0.15, -0.1) is 0 Å². The van der Waals surface area contributed by atoms with E-state index in [9.17, 15) is 13.6 Å². The lowest BCUT2D eigenvalue weighted by atomic mass is 10.2. The summed E-state index contributed by atoms with van der Waals surface area (Å²) in [5.41, 5.74) is 0.318. The van der Waals surface area contributed by atoms with Gasteiger partial charge in [0.25, 0.3) is 0 Å². The van der Waals surface area contributed by atoms with Crippen LogP contribution in [-0.4, -0.2) is 12.8 Å². The lowest BCUT2D eigenvalue weighted by Gasteiger charge is -2.08. The standard InChI is InChI=1S/C15H9BrF2O4/c16-11-5-14-13(21-7-22-14)3-8(11)6-20-15(19)10-2-1-9(17)4-12(10)18/h1-5H,6-7H2. The molecule has 0 spiro atoms. The van der Waals surface area contributed by atoms with Gasteiger partial charge >= 0.3 is 5.97 Å². The number of hydrogen-bond acceptors (Lipinski definition) is 4. The van der Waals surface area contributed by atoms with Crippen LogP contribution < -0.4 is 9.47 Å². The smallest absolute Gasteiger partial charge is 0.341 e. The summed E-state index contributed by atoms with van der Waals surface area (Å²) in [4.78, 5) is 11.8. The molecular weight excluding hydrogens is 362 g/mol. The van der Waals surface area contributed by atoms with Gasteiger partial charge in [0.05, 0.1) is 5.56 Å². The molecular formula is C15H9BrF2O4. The van der Waals surface area contributed by atoms with Crippen molar-refractivity contribution >= 4 is 21.9 Å². The predicted molar refractivity (Wildman–Crippen MR) is 75.7 cm³/mol. The number of esters is 1. The van der Waals surface area contributed by atoms with Crippen molar-refractivity contribution in [3.8, 4) is 11.5 Å². The monoisotopic (exact) mass is 370 g/mol. The zero-order chi connectivity index (χ0) is 15.7. The van der Waals surface area contributed by atoms with E-state index in [1.165, 1.54) is 0 Å². The topological polar surface area (TPSA) is 44.8 Å². The van der Waals surface area contributed by atoms with Crippen LogP contribution in [0.2, 0.25) is 0 Å². The third kappa shape index (κ3) is 2.89. The van der Waals surface area contributed by atoms with Gasteiger partial charge in [0.2, 0.25) is 6.79 Å². The molecule has 0 bridgehead atoms. The summed E-state index contributed by atoms with van der Waals surface area (Å²) in [6.45, 7) is 0.0404. The molecule has 0 amide bonds. The van der Waals surface area contributed by atoms with E-state index in [1.54, 1.807) is 12.1 Å². The van der Waals surface area contributed by atoms with Gasteiger partial charge in [-0.3, -0.25) is 0 Å². The highest BCUT2D eigenvalue weighted by molar-refractivity contribution is 9.10. The van der Waals surface area contributed by atoms with Crippen LogP contribution in [0.3, 0.4) is 0 Å². The Morgan fingerprint density at radius 2 is 1.91 bits per heavy atom. The fourth-order valence-corrected chi connectivity index (χ4v) is 2.38. The number of fused-ring (bicyclic) bond motifs is 1. The van der Waals surface area contributed by atoms with E-state index < -0.39 is 17.6 Å². The third-order valence-corrected chi connectivity index (χ3v) is 3.79. The largest absolute Gasteiger partial charge is 0.457 e. The molecule has 1 aliphatic heterocycles. The number of rotatable bonds is 3. The first kappa shape index (κ1) is 14.8. The lowest BCUT2D eigenvalue weighted by molar-refractivity contribution is 0.0466. The SMILES string of the molecule is O=C(OCc1cc2c(cc1Br)OCO2)c1ccc(F)cc1F. The lowest BCUT2D eigenvalue weighted by Crippen LogP contribution is -2.08. The molecule has 0 aliphatic carbocycles. The first-order valence-corrected chi connectivity index (χ1v) is 7.04. The minimum Gasteiger partial charge on any atom is -0.457 e. The van der Waals surface area contributed by atoms with Crippen molar-refractivity contribution in [3.05, 3.63) is 57.6 Å². The normalized spacial score (nSPS) is 12.3. The Kier molecular flexibility index (Phi) is 3.98. The van der Waals surface area contributed by atoms with Crippen molar-refractivity contribution < 1.29 is 27.8 Å². The summed E-state index contributed by atoms with van der Waals surface area (Å²) in [5.74, 6) is -1.46. The molecule has 0 unspecified atom stereocenters. The maximum absolute atomic E-state index is 13.5. The van der Waals surface area contributed by atoms with Crippen molar-refractivity contribution in [2.24, 2.45) is 0 Å². The van der Waals surface area contributed by atoms with Crippen LogP contribution in [0.1, 0.15) is 15.9 Å². The summed E-state index contributed by atoms with van der Waals surface area (Å²) in [6, 6.07) is 6.04. The summed E-state index contributed by atoms with van der Waals surface area (Å²) in [6.07, 6.45) is 0. The average Bonchev–Trinajstić information content (AvgIpc) is 2.91. The minimum absolute atomic E-state index is 0.0904. The second kappa shape index (κ2) is 5.92. The molecule has 2 aromatic carbocycles. The zero-order valence-electron chi connectivity index (χ0n) is 11.1. The van der Waals surface area contributed by atoms with Crippen molar-refractivity contribution in [1.29, 1.82) is 0 Å². The predicted octanol–water partition coefficient (Wildman–Crippen LogP) is 3.81. The molecule has 0 saturated heterocycles. The number of carbonyl (C=O) groups is 1. The Balaban J connectivity index is 1.74. The van der Waals surface area contributed by atoms with Crippen LogP contribution in [0.4, 0.5) is 8.78 Å². The van der Waals surface area contributed by atoms with Crippen molar-refractivity contribution in [2.45, 2.75) is 6.61 Å². The second-order valence-corrected chi connectivity index (χ2v) is 5.35. The first-order valence-electron chi connectivity index (χ1n) is 6.25. The van der Waals surface area contributed by atoms with Crippen LogP contribution >= 0.6 is 15.9 Å². The Bertz CT molecular complexity index is 749. The van der Waals surface area contributed by atoms with Gasteiger partial charge in [-0.2, -0.15) is 0 Å². The van der Waals surface area contributed by atoms with Crippen LogP contribution in [0.25, 0.3) is 0 Å². The van der Waals surface area contributed by atoms with Crippen molar-refractivity contribution in [1.82, 2.24) is 0 Å². The number of halogens is 3. The number of ether oxygens (including phenoxy) is 3. The molecule has 7 heteroatoms. The third-order valence-electron chi connectivity index (χ3n) is 3.05. The van der Waals surface area contributed by atoms with E-state index in [1.807, 2.05) is 0 Å². The van der Waals surface area contributed by atoms with E-state index in [0.29, 0.717) is 27.6 Å². The average molecular weight is 371 g/mol. The van der Waals surface area contributed by atoms with Crippen LogP contribution in [0, 0.1) is 11.6 Å². The zero-order valence-corrected chi connectivity index (χ0v) is 12.7. The van der Waals surface area contributed by atoms with Crippen LogP contribution in [0.15, 0.2) is 34.8 Å². The van der Waals surface area contributed by atoms with Gasteiger partial charge in [-0.05, 0) is 24.3 Å². The van der Waals surface area contributed by atoms with Gasteiger partial charge in [-0.25, -0.2) is 13.6 Å². The Labute approximate surface area is 132 Å². The number of hydrogen-bond donors (Lipinski definition) is 0. The molecule has 1 aliphatic rings. The second-order valence-electron chi connectivity index (χ2n) is 4.50. The van der Waals surface area contributed by atoms with Gasteiger partial charge in [-0.1, -0.05) is 15.9 Å². The molecule has 0 saturated carbocycles.